The Balaban J connectivity index is 1.48. The zero-order chi connectivity index (χ0) is 29.7. The number of rotatable bonds is 7. The fourth-order valence-electron chi connectivity index (χ4n) is 8.50. The summed E-state index contributed by atoms with van der Waals surface area (Å²) in [5.41, 5.74) is 0.811. The number of esters is 1. The summed E-state index contributed by atoms with van der Waals surface area (Å²) in [5, 5.41) is 2.46. The van der Waals surface area contributed by atoms with E-state index in [4.69, 9.17) is 9.16 Å². The second kappa shape index (κ2) is 11.1. The molecule has 1 heterocycles. The van der Waals surface area contributed by atoms with Crippen LogP contribution in [0.5, 0.6) is 0 Å². The molecule has 0 aromatic heterocycles. The summed E-state index contributed by atoms with van der Waals surface area (Å²) < 4.78 is 14.1. The zero-order valence-electron chi connectivity index (χ0n) is 26.1. The molecule has 4 nitrogen and oxygen atoms in total. The van der Waals surface area contributed by atoms with Gasteiger partial charge in [-0.3, -0.25) is 9.69 Å². The van der Waals surface area contributed by atoms with Gasteiger partial charge in [0.15, 0.2) is 0 Å². The van der Waals surface area contributed by atoms with E-state index in [9.17, 15) is 4.79 Å². The molecule has 222 valence electrons. The van der Waals surface area contributed by atoms with Crippen LogP contribution in [-0.4, -0.2) is 43.5 Å². The Morgan fingerprint density at radius 1 is 0.786 bits per heavy atom. The fraction of sp³-hybridized carbons (Fsp3) is 0.486. The first-order valence-corrected chi connectivity index (χ1v) is 17.7. The first kappa shape index (κ1) is 29.3. The van der Waals surface area contributed by atoms with Crippen LogP contribution in [0.3, 0.4) is 0 Å². The normalized spacial score (nSPS) is 27.7. The predicted octanol–water partition coefficient (Wildman–Crippen LogP) is 6.43. The minimum atomic E-state index is -2.83. The number of nitrogens with zero attached hydrogens (tertiary/aromatic N) is 1. The van der Waals surface area contributed by atoms with Crippen LogP contribution < -0.4 is 10.4 Å². The minimum Gasteiger partial charge on any atom is -0.460 e. The Bertz CT molecular complexity index is 1330. The summed E-state index contributed by atoms with van der Waals surface area (Å²) in [5.74, 6) is 0.801. The average Bonchev–Trinajstić information content (AvgIpc) is 3.06. The molecular weight excluding hydrogens is 534 g/mol. The monoisotopic (exact) mass is 581 g/mol. The van der Waals surface area contributed by atoms with Crippen molar-refractivity contribution < 1.29 is 14.0 Å². The molecule has 3 aromatic carbocycles. The van der Waals surface area contributed by atoms with Gasteiger partial charge in [-0.2, -0.15) is 0 Å². The molecule has 42 heavy (non-hydrogen) atoms. The van der Waals surface area contributed by atoms with E-state index in [1.165, 1.54) is 15.9 Å². The molecule has 5 unspecified atom stereocenters. The van der Waals surface area contributed by atoms with Crippen LogP contribution in [0.4, 0.5) is 0 Å². The number of hydrogen-bond acceptors (Lipinski definition) is 4. The lowest BCUT2D eigenvalue weighted by atomic mass is 9.70. The Morgan fingerprint density at radius 3 is 1.83 bits per heavy atom. The van der Waals surface area contributed by atoms with Crippen molar-refractivity contribution in [3.8, 4) is 0 Å². The first-order valence-electron chi connectivity index (χ1n) is 15.8. The summed E-state index contributed by atoms with van der Waals surface area (Å²) in [6.07, 6.45) is 2.05. The Labute approximate surface area is 253 Å². The maximum Gasteiger partial charge on any atom is 0.310 e. The highest BCUT2D eigenvalue weighted by atomic mass is 28.4. The fourth-order valence-corrected chi connectivity index (χ4v) is 13.2. The molecule has 1 saturated heterocycles. The molecule has 6 rings (SSSR count). The van der Waals surface area contributed by atoms with Gasteiger partial charge in [-0.15, -0.1) is 0 Å². The second-order valence-electron chi connectivity index (χ2n) is 14.9. The highest BCUT2D eigenvalue weighted by Crippen LogP contribution is 2.57. The van der Waals surface area contributed by atoms with Crippen molar-refractivity contribution in [2.45, 2.75) is 83.7 Å². The second-order valence-corrected chi connectivity index (χ2v) is 19.1. The first-order chi connectivity index (χ1) is 20.0. The number of ether oxygens (including phenoxy) is 1. The SMILES string of the molecule is CC(C)(C)OC(=O)C1C2CC3CC1[C@H](O[Si](c1ccccc1)(c1ccccc1)C(C)(C)C)C2N(Cc1ccccc1)C3. The topological polar surface area (TPSA) is 38.8 Å². The van der Waals surface area contributed by atoms with Crippen molar-refractivity contribution in [3.05, 3.63) is 96.6 Å². The van der Waals surface area contributed by atoms with E-state index in [-0.39, 0.29) is 40.9 Å². The molecule has 1 aliphatic heterocycles. The number of likely N-dealkylation sites (tertiary alicyclic amines) is 1. The Kier molecular flexibility index (Phi) is 7.74. The lowest BCUT2D eigenvalue weighted by Crippen LogP contribution is -2.69. The summed E-state index contributed by atoms with van der Waals surface area (Å²) in [6, 6.07) is 32.9. The van der Waals surface area contributed by atoms with Crippen LogP contribution in [0.15, 0.2) is 91.0 Å². The third-order valence-electron chi connectivity index (χ3n) is 9.88. The molecule has 0 spiro atoms. The van der Waals surface area contributed by atoms with Gasteiger partial charge in [-0.1, -0.05) is 112 Å². The van der Waals surface area contributed by atoms with Gasteiger partial charge in [0, 0.05) is 19.1 Å². The molecule has 3 bridgehead atoms. The van der Waals surface area contributed by atoms with Gasteiger partial charge in [-0.25, -0.2) is 0 Å². The van der Waals surface area contributed by atoms with Gasteiger partial charge < -0.3 is 9.16 Å². The van der Waals surface area contributed by atoms with Gasteiger partial charge in [0.05, 0.1) is 12.0 Å². The molecular formula is C37H47NO3Si. The van der Waals surface area contributed by atoms with E-state index in [0.717, 1.165) is 25.9 Å². The standard InChI is InChI=1S/C37H47NO3Si/c1-36(2,3)40-35(39)32-30-22-27-23-31(32)34(33(30)38(25-27)24-26-16-10-7-11-17-26)41-42(37(4,5)6,28-18-12-8-13-19-28)29-20-14-9-15-21-29/h7-21,27,30-34H,22-25H2,1-6H3/t27?,30?,31?,32?,33?,34-/m0/s1. The lowest BCUT2D eigenvalue weighted by molar-refractivity contribution is -0.166. The van der Waals surface area contributed by atoms with Crippen LogP contribution in [0.2, 0.25) is 5.04 Å². The van der Waals surface area contributed by atoms with Gasteiger partial charge in [0.2, 0.25) is 0 Å². The van der Waals surface area contributed by atoms with Gasteiger partial charge in [0.25, 0.3) is 8.32 Å². The van der Waals surface area contributed by atoms with Gasteiger partial charge >= 0.3 is 5.97 Å². The third-order valence-corrected chi connectivity index (χ3v) is 14.9. The smallest absolute Gasteiger partial charge is 0.310 e. The molecule has 2 aliphatic carbocycles. The molecule has 5 heteroatoms. The average molecular weight is 582 g/mol. The quantitative estimate of drug-likeness (QED) is 0.238. The zero-order valence-corrected chi connectivity index (χ0v) is 27.1. The van der Waals surface area contributed by atoms with Crippen LogP contribution in [-0.2, 0) is 20.5 Å². The molecule has 2 saturated carbocycles. The molecule has 3 aliphatic rings. The molecule has 3 aromatic rings. The predicted molar refractivity (Wildman–Crippen MR) is 172 cm³/mol. The van der Waals surface area contributed by atoms with E-state index in [0.29, 0.717) is 5.92 Å². The van der Waals surface area contributed by atoms with E-state index >= 15 is 0 Å². The molecule has 0 radical (unpaired) electrons. The molecule has 6 atom stereocenters. The maximum absolute atomic E-state index is 14.0. The summed E-state index contributed by atoms with van der Waals surface area (Å²) >= 11 is 0. The number of carbonyl (C=O) groups excluding carboxylic acids is 1. The van der Waals surface area contributed by atoms with Crippen molar-refractivity contribution in [2.24, 2.45) is 23.7 Å². The molecule has 0 amide bonds. The molecule has 3 fully saturated rings. The maximum atomic E-state index is 14.0. The number of hydrogen-bond donors (Lipinski definition) is 0. The number of piperidine rings is 1. The van der Waals surface area contributed by atoms with E-state index in [2.05, 4.69) is 117 Å². The van der Waals surface area contributed by atoms with E-state index < -0.39 is 13.9 Å². The highest BCUT2D eigenvalue weighted by Gasteiger charge is 2.65. The van der Waals surface area contributed by atoms with Crippen molar-refractivity contribution >= 4 is 24.7 Å². The van der Waals surface area contributed by atoms with Crippen LogP contribution in [0.1, 0.15) is 59.9 Å². The van der Waals surface area contributed by atoms with Crippen molar-refractivity contribution in [1.29, 1.82) is 0 Å². The Morgan fingerprint density at radius 2 is 1.31 bits per heavy atom. The highest BCUT2D eigenvalue weighted by molar-refractivity contribution is 6.99. The van der Waals surface area contributed by atoms with Crippen molar-refractivity contribution in [2.75, 3.05) is 6.54 Å². The van der Waals surface area contributed by atoms with Crippen molar-refractivity contribution in [1.82, 2.24) is 4.90 Å². The van der Waals surface area contributed by atoms with Crippen molar-refractivity contribution in [3.63, 3.8) is 0 Å². The minimum absolute atomic E-state index is 0.0314. The van der Waals surface area contributed by atoms with Crippen LogP contribution in [0, 0.1) is 23.7 Å². The largest absolute Gasteiger partial charge is 0.460 e. The summed E-state index contributed by atoms with van der Waals surface area (Å²) in [4.78, 5) is 16.6. The van der Waals surface area contributed by atoms with Crippen LogP contribution in [0.25, 0.3) is 0 Å². The summed E-state index contributed by atoms with van der Waals surface area (Å²) in [7, 11) is -2.83. The van der Waals surface area contributed by atoms with Gasteiger partial charge in [0.1, 0.15) is 5.60 Å². The van der Waals surface area contributed by atoms with Crippen LogP contribution >= 0.6 is 0 Å². The third kappa shape index (κ3) is 5.29. The lowest BCUT2D eigenvalue weighted by Gasteiger charge is -2.48. The summed E-state index contributed by atoms with van der Waals surface area (Å²) in [6.45, 7) is 15.0. The Hall–Kier alpha value is -2.73. The number of fused-ring (bicyclic) bond motifs is 2. The van der Waals surface area contributed by atoms with E-state index in [1.807, 2.05) is 20.8 Å². The number of carbonyl (C=O) groups is 1. The number of benzene rings is 3. The van der Waals surface area contributed by atoms with E-state index in [1.54, 1.807) is 0 Å². The van der Waals surface area contributed by atoms with Gasteiger partial charge in [-0.05, 0) is 72.3 Å². The molecule has 0 N–H and O–H groups in total.